The zero-order valence-corrected chi connectivity index (χ0v) is 29.4. The monoisotopic (exact) mass is 711 g/mol. The van der Waals surface area contributed by atoms with Gasteiger partial charge >= 0.3 is 0 Å². The number of imidazole rings is 1. The number of ether oxygens (including phenoxy) is 2. The van der Waals surface area contributed by atoms with E-state index < -0.39 is 5.82 Å². The summed E-state index contributed by atoms with van der Waals surface area (Å²) in [5, 5.41) is 5.61. The maximum Gasteiger partial charge on any atom is 0.259 e. The van der Waals surface area contributed by atoms with Gasteiger partial charge in [0.25, 0.3) is 5.91 Å². The number of likely N-dealkylation sites (N-methyl/N-ethyl adjacent to an activating group) is 1. The van der Waals surface area contributed by atoms with Crippen LogP contribution in [-0.4, -0.2) is 119 Å². The second kappa shape index (κ2) is 16.5. The molecule has 15 nitrogen and oxygen atoms in total. The van der Waals surface area contributed by atoms with Crippen molar-refractivity contribution in [2.45, 2.75) is 13.1 Å². The number of H-pyrrole nitrogens is 1. The average molecular weight is 712 g/mol. The van der Waals surface area contributed by atoms with Gasteiger partial charge in [0.2, 0.25) is 5.91 Å². The SMILES string of the molecule is COc1cc(OC)c(F)c(-c2ccc(C(=O)Nc3ccc(CN4CCN(C)CC4)cn3)c3nccnc23)c1.Nc1ncc(CN2CCNC(=O)C2)[nH]1. The van der Waals surface area contributed by atoms with Crippen LogP contribution in [0.2, 0.25) is 0 Å². The first-order valence-corrected chi connectivity index (χ1v) is 16.8. The molecule has 2 saturated heterocycles. The molecule has 2 aromatic carbocycles. The van der Waals surface area contributed by atoms with E-state index >= 15 is 4.39 Å². The van der Waals surface area contributed by atoms with Gasteiger partial charge in [-0.25, -0.2) is 14.4 Å². The molecule has 52 heavy (non-hydrogen) atoms. The van der Waals surface area contributed by atoms with Crippen LogP contribution in [0.1, 0.15) is 21.6 Å². The van der Waals surface area contributed by atoms with E-state index in [9.17, 15) is 9.59 Å². The smallest absolute Gasteiger partial charge is 0.259 e. The number of anilines is 2. The lowest BCUT2D eigenvalue weighted by Gasteiger charge is -2.32. The largest absolute Gasteiger partial charge is 0.497 e. The Labute approximate surface area is 300 Å². The third-order valence-electron chi connectivity index (χ3n) is 8.86. The number of aromatic nitrogens is 5. The molecule has 0 atom stereocenters. The molecular weight excluding hydrogens is 669 g/mol. The molecule has 3 aromatic heterocycles. The summed E-state index contributed by atoms with van der Waals surface area (Å²) in [4.78, 5) is 51.1. The van der Waals surface area contributed by atoms with E-state index in [0.29, 0.717) is 59.3 Å². The molecule has 272 valence electrons. The second-order valence-electron chi connectivity index (χ2n) is 12.5. The summed E-state index contributed by atoms with van der Waals surface area (Å²) in [6, 6.07) is 10.1. The molecule has 0 radical (unpaired) electrons. The van der Waals surface area contributed by atoms with E-state index in [-0.39, 0.29) is 23.1 Å². The Morgan fingerprint density at radius 1 is 0.904 bits per heavy atom. The van der Waals surface area contributed by atoms with Crippen LogP contribution >= 0.6 is 0 Å². The number of nitrogens with two attached hydrogens (primary N) is 1. The number of hydrogen-bond acceptors (Lipinski definition) is 12. The molecule has 0 aliphatic carbocycles. The quantitative estimate of drug-likeness (QED) is 0.176. The molecule has 5 heterocycles. The summed E-state index contributed by atoms with van der Waals surface area (Å²) in [5.74, 6) is 0.454. The molecule has 0 unspecified atom stereocenters. The standard InChI is InChI=1S/C28H29FN6O3.C8H13N5O/c1-34-10-12-35(13-11-34)17-18-4-7-24(32-16-18)33-28(36)21-6-5-20(26-27(21)31-9-8-30-26)22-14-19(37-2)15-23(38-3)25(22)29;9-8-11-3-6(12-8)4-13-2-1-10-7(14)5-13/h4-9,14-16H,10-13,17H2,1-3H3,(H,32,33,36);3H,1-2,4-5H2,(H,10,14)(H3,9,11,12). The van der Waals surface area contributed by atoms with Crippen LogP contribution in [0.25, 0.3) is 22.2 Å². The van der Waals surface area contributed by atoms with Gasteiger partial charge in [0.1, 0.15) is 17.1 Å². The number of piperazine rings is 2. The molecular formula is C36H42FN11O4. The Bertz CT molecular complexity index is 2020. The summed E-state index contributed by atoms with van der Waals surface area (Å²) in [6.07, 6.45) is 6.48. The number of aromatic amines is 1. The van der Waals surface area contributed by atoms with Crippen molar-refractivity contribution in [2.75, 3.05) is 78.1 Å². The Hall–Kier alpha value is -5.71. The summed E-state index contributed by atoms with van der Waals surface area (Å²) < 4.78 is 25.7. The molecule has 5 N–H and O–H groups in total. The summed E-state index contributed by atoms with van der Waals surface area (Å²) >= 11 is 0. The third-order valence-corrected chi connectivity index (χ3v) is 8.86. The number of amides is 2. The van der Waals surface area contributed by atoms with Crippen LogP contribution in [0, 0.1) is 5.82 Å². The predicted octanol–water partition coefficient (Wildman–Crippen LogP) is 2.77. The molecule has 16 heteroatoms. The minimum absolute atomic E-state index is 0.0420. The molecule has 5 aromatic rings. The number of halogens is 1. The number of nitrogen functional groups attached to an aromatic ring is 1. The lowest BCUT2D eigenvalue weighted by atomic mass is 9.99. The van der Waals surface area contributed by atoms with Crippen LogP contribution in [0.15, 0.2) is 61.2 Å². The molecule has 2 aliphatic rings. The fourth-order valence-electron chi connectivity index (χ4n) is 6.06. The lowest BCUT2D eigenvalue weighted by Crippen LogP contribution is -2.47. The second-order valence-corrected chi connectivity index (χ2v) is 12.5. The van der Waals surface area contributed by atoms with Crippen LogP contribution in [-0.2, 0) is 17.9 Å². The Balaban J connectivity index is 0.000000276. The number of benzene rings is 2. The zero-order valence-electron chi connectivity index (χ0n) is 29.4. The van der Waals surface area contributed by atoms with Gasteiger partial charge in [-0.3, -0.25) is 29.4 Å². The van der Waals surface area contributed by atoms with Crippen LogP contribution in [0.4, 0.5) is 16.2 Å². The van der Waals surface area contributed by atoms with E-state index in [2.05, 4.69) is 52.4 Å². The predicted molar refractivity (Wildman–Crippen MR) is 194 cm³/mol. The summed E-state index contributed by atoms with van der Waals surface area (Å²) in [6.45, 7) is 7.67. The number of methoxy groups -OCH3 is 2. The van der Waals surface area contributed by atoms with Crippen molar-refractivity contribution >= 4 is 34.6 Å². The minimum Gasteiger partial charge on any atom is -0.497 e. The van der Waals surface area contributed by atoms with Crippen LogP contribution in [0.5, 0.6) is 11.5 Å². The highest BCUT2D eigenvalue weighted by molar-refractivity contribution is 6.13. The van der Waals surface area contributed by atoms with Gasteiger partial charge in [0.05, 0.1) is 43.7 Å². The fraction of sp³-hybridized carbons (Fsp3) is 0.333. The maximum absolute atomic E-state index is 15.2. The van der Waals surface area contributed by atoms with Gasteiger partial charge in [-0.15, -0.1) is 0 Å². The highest BCUT2D eigenvalue weighted by atomic mass is 19.1. The number of carbonyl (C=O) groups excluding carboxylic acids is 2. The molecule has 0 bridgehead atoms. The number of pyridine rings is 1. The van der Waals surface area contributed by atoms with Crippen molar-refractivity contribution < 1.29 is 23.5 Å². The topological polar surface area (TPSA) is 180 Å². The first kappa shape index (κ1) is 36.1. The van der Waals surface area contributed by atoms with Gasteiger partial charge in [-0.05, 0) is 30.8 Å². The fourth-order valence-corrected chi connectivity index (χ4v) is 6.06. The lowest BCUT2D eigenvalue weighted by molar-refractivity contribution is -0.124. The van der Waals surface area contributed by atoms with Crippen molar-refractivity contribution in [1.82, 2.24) is 44.9 Å². The van der Waals surface area contributed by atoms with E-state index in [4.69, 9.17) is 15.2 Å². The van der Waals surface area contributed by atoms with E-state index in [0.717, 1.165) is 50.5 Å². The Kier molecular flexibility index (Phi) is 11.5. The highest BCUT2D eigenvalue weighted by Gasteiger charge is 2.21. The van der Waals surface area contributed by atoms with Gasteiger partial charge in [0, 0.05) is 88.1 Å². The molecule has 2 fully saturated rings. The number of fused-ring (bicyclic) bond motifs is 1. The Morgan fingerprint density at radius 3 is 2.37 bits per heavy atom. The van der Waals surface area contributed by atoms with Crippen molar-refractivity contribution in [3.05, 3.63) is 83.8 Å². The molecule has 2 aliphatic heterocycles. The van der Waals surface area contributed by atoms with Crippen LogP contribution < -0.4 is 25.8 Å². The average Bonchev–Trinajstić information content (AvgIpc) is 3.57. The highest BCUT2D eigenvalue weighted by Crippen LogP contribution is 2.37. The Morgan fingerprint density at radius 2 is 1.69 bits per heavy atom. The first-order valence-electron chi connectivity index (χ1n) is 16.8. The number of carbonyl (C=O) groups is 2. The minimum atomic E-state index is -0.557. The number of hydrogen-bond donors (Lipinski definition) is 4. The number of nitrogens with one attached hydrogen (secondary N) is 3. The summed E-state index contributed by atoms with van der Waals surface area (Å²) in [7, 11) is 5.02. The van der Waals surface area contributed by atoms with Gasteiger partial charge in [0.15, 0.2) is 17.5 Å². The first-order chi connectivity index (χ1) is 25.2. The zero-order chi connectivity index (χ0) is 36.6. The van der Waals surface area contributed by atoms with E-state index in [1.807, 2.05) is 11.0 Å². The van der Waals surface area contributed by atoms with E-state index in [1.165, 1.54) is 32.7 Å². The van der Waals surface area contributed by atoms with Crippen LogP contribution in [0.3, 0.4) is 0 Å². The molecule has 0 saturated carbocycles. The molecule has 2 amide bonds. The van der Waals surface area contributed by atoms with Crippen molar-refractivity contribution in [1.29, 1.82) is 0 Å². The third kappa shape index (κ3) is 8.77. The molecule has 0 spiro atoms. The number of rotatable bonds is 9. The van der Waals surface area contributed by atoms with E-state index in [1.54, 1.807) is 36.7 Å². The number of nitrogens with zero attached hydrogens (tertiary/aromatic N) is 7. The van der Waals surface area contributed by atoms with Crippen molar-refractivity contribution in [2.24, 2.45) is 0 Å². The van der Waals surface area contributed by atoms with Gasteiger partial charge < -0.3 is 35.7 Å². The van der Waals surface area contributed by atoms with Gasteiger partial charge in [-0.2, -0.15) is 0 Å². The van der Waals surface area contributed by atoms with Crippen molar-refractivity contribution in [3.63, 3.8) is 0 Å². The summed E-state index contributed by atoms with van der Waals surface area (Å²) in [5.41, 5.74) is 9.20. The van der Waals surface area contributed by atoms with Crippen molar-refractivity contribution in [3.8, 4) is 22.6 Å². The van der Waals surface area contributed by atoms with Gasteiger partial charge in [-0.1, -0.05) is 12.1 Å². The molecule has 7 rings (SSSR count). The maximum atomic E-state index is 15.2. The normalized spacial score (nSPS) is 15.4.